The summed E-state index contributed by atoms with van der Waals surface area (Å²) in [5.41, 5.74) is 1.11. The van der Waals surface area contributed by atoms with Crippen molar-refractivity contribution in [3.05, 3.63) is 17.8 Å². The third-order valence-electron chi connectivity index (χ3n) is 3.14. The first-order valence-corrected chi connectivity index (χ1v) is 6.38. The third kappa shape index (κ3) is 3.34. The Balaban J connectivity index is 1.86. The van der Waals surface area contributed by atoms with Crippen molar-refractivity contribution in [3.8, 4) is 0 Å². The molecule has 1 N–H and O–H groups in total. The van der Waals surface area contributed by atoms with Crippen LogP contribution in [0, 0.1) is 11.8 Å². The summed E-state index contributed by atoms with van der Waals surface area (Å²) in [5.74, 6) is 2.34. The van der Waals surface area contributed by atoms with E-state index in [0.717, 1.165) is 43.4 Å². The van der Waals surface area contributed by atoms with Gasteiger partial charge in [0.25, 0.3) is 0 Å². The van der Waals surface area contributed by atoms with E-state index >= 15 is 0 Å². The van der Waals surface area contributed by atoms with Crippen LogP contribution in [0.1, 0.15) is 38.3 Å². The van der Waals surface area contributed by atoms with E-state index in [2.05, 4.69) is 24.1 Å². The summed E-state index contributed by atoms with van der Waals surface area (Å²) in [6.45, 7) is 6.71. The molecule has 1 saturated heterocycles. The van der Waals surface area contributed by atoms with Gasteiger partial charge < -0.3 is 9.73 Å². The van der Waals surface area contributed by atoms with Crippen molar-refractivity contribution in [1.29, 1.82) is 0 Å². The maximum absolute atomic E-state index is 5.54. The predicted octanol–water partition coefficient (Wildman–Crippen LogP) is 2.42. The molecule has 2 heterocycles. The van der Waals surface area contributed by atoms with Crippen LogP contribution in [0.4, 0.5) is 0 Å². The van der Waals surface area contributed by atoms with Gasteiger partial charge >= 0.3 is 0 Å². The highest BCUT2D eigenvalue weighted by Crippen LogP contribution is 2.18. The highest BCUT2D eigenvalue weighted by molar-refractivity contribution is 4.98. The second kappa shape index (κ2) is 5.48. The first kappa shape index (κ1) is 11.6. The molecule has 0 amide bonds. The molecule has 0 radical (unpaired) electrons. The van der Waals surface area contributed by atoms with Crippen LogP contribution < -0.4 is 5.32 Å². The Morgan fingerprint density at radius 1 is 1.44 bits per heavy atom. The molecule has 0 saturated carbocycles. The van der Waals surface area contributed by atoms with Crippen LogP contribution in [0.5, 0.6) is 0 Å². The Bertz CT molecular complexity index is 313. The third-order valence-corrected chi connectivity index (χ3v) is 3.14. The maximum Gasteiger partial charge on any atom is 0.194 e. The van der Waals surface area contributed by atoms with Crippen LogP contribution in [-0.4, -0.2) is 18.1 Å². The predicted molar refractivity (Wildman–Crippen MR) is 64.3 cm³/mol. The van der Waals surface area contributed by atoms with Crippen LogP contribution in [0.15, 0.2) is 10.7 Å². The van der Waals surface area contributed by atoms with Crippen LogP contribution in [-0.2, 0) is 12.8 Å². The number of aromatic nitrogens is 1. The van der Waals surface area contributed by atoms with Crippen LogP contribution in [0.25, 0.3) is 0 Å². The number of nitrogens with zero attached hydrogens (tertiary/aromatic N) is 1. The van der Waals surface area contributed by atoms with Crippen molar-refractivity contribution in [1.82, 2.24) is 10.3 Å². The molecule has 0 unspecified atom stereocenters. The lowest BCUT2D eigenvalue weighted by molar-refractivity contribution is 0.341. The highest BCUT2D eigenvalue weighted by atomic mass is 16.3. The van der Waals surface area contributed by atoms with Gasteiger partial charge in [-0.05, 0) is 44.2 Å². The quantitative estimate of drug-likeness (QED) is 0.850. The standard InChI is InChI=1S/C13H22N2O/c1-10(2)7-12-9-16-13(15-12)8-11-3-5-14-6-4-11/h9-11,14H,3-8H2,1-2H3. The van der Waals surface area contributed by atoms with Crippen LogP contribution in [0.2, 0.25) is 0 Å². The van der Waals surface area contributed by atoms with E-state index in [0.29, 0.717) is 5.92 Å². The summed E-state index contributed by atoms with van der Waals surface area (Å²) in [5, 5.41) is 3.38. The molecule has 1 aliphatic rings. The van der Waals surface area contributed by atoms with Gasteiger partial charge in [-0.1, -0.05) is 13.8 Å². The van der Waals surface area contributed by atoms with Gasteiger partial charge in [0.15, 0.2) is 5.89 Å². The second-order valence-electron chi connectivity index (χ2n) is 5.23. The van der Waals surface area contributed by atoms with E-state index in [-0.39, 0.29) is 0 Å². The second-order valence-corrected chi connectivity index (χ2v) is 5.23. The Hall–Kier alpha value is -0.830. The van der Waals surface area contributed by atoms with Crippen molar-refractivity contribution in [2.75, 3.05) is 13.1 Å². The van der Waals surface area contributed by atoms with E-state index in [9.17, 15) is 0 Å². The van der Waals surface area contributed by atoms with Gasteiger partial charge in [-0.25, -0.2) is 4.98 Å². The fourth-order valence-corrected chi connectivity index (χ4v) is 2.29. The number of oxazole rings is 1. The summed E-state index contributed by atoms with van der Waals surface area (Å²) < 4.78 is 5.54. The number of nitrogens with one attached hydrogen (secondary N) is 1. The van der Waals surface area contributed by atoms with Gasteiger partial charge in [-0.2, -0.15) is 0 Å². The van der Waals surface area contributed by atoms with Gasteiger partial charge in [0.1, 0.15) is 6.26 Å². The molecule has 1 aromatic rings. The SMILES string of the molecule is CC(C)Cc1coc(CC2CCNCC2)n1. The van der Waals surface area contributed by atoms with Crippen molar-refractivity contribution < 1.29 is 4.42 Å². The molecule has 2 rings (SSSR count). The van der Waals surface area contributed by atoms with Crippen molar-refractivity contribution in [3.63, 3.8) is 0 Å². The minimum absolute atomic E-state index is 0.650. The molecule has 3 heteroatoms. The lowest BCUT2D eigenvalue weighted by Crippen LogP contribution is -2.28. The van der Waals surface area contributed by atoms with Crippen LogP contribution in [0.3, 0.4) is 0 Å². The molecule has 1 aromatic heterocycles. The monoisotopic (exact) mass is 222 g/mol. The fourth-order valence-electron chi connectivity index (χ4n) is 2.29. The molecule has 1 fully saturated rings. The Kier molecular flexibility index (Phi) is 3.99. The van der Waals surface area contributed by atoms with Gasteiger partial charge in [0, 0.05) is 6.42 Å². The van der Waals surface area contributed by atoms with E-state index < -0.39 is 0 Å². The van der Waals surface area contributed by atoms with Crippen LogP contribution >= 0.6 is 0 Å². The largest absolute Gasteiger partial charge is 0.449 e. The fraction of sp³-hybridized carbons (Fsp3) is 0.769. The number of rotatable bonds is 4. The van der Waals surface area contributed by atoms with Gasteiger partial charge in [0.2, 0.25) is 0 Å². The average Bonchev–Trinajstić information content (AvgIpc) is 2.66. The minimum atomic E-state index is 0.650. The summed E-state index contributed by atoms with van der Waals surface area (Å²) >= 11 is 0. The Labute approximate surface area is 97.6 Å². The minimum Gasteiger partial charge on any atom is -0.449 e. The maximum atomic E-state index is 5.54. The van der Waals surface area contributed by atoms with E-state index in [1.165, 1.54) is 12.8 Å². The Morgan fingerprint density at radius 2 is 2.19 bits per heavy atom. The molecular weight excluding hydrogens is 200 g/mol. The zero-order valence-electron chi connectivity index (χ0n) is 10.3. The highest BCUT2D eigenvalue weighted by Gasteiger charge is 2.16. The molecule has 0 bridgehead atoms. The van der Waals surface area contributed by atoms with Crippen molar-refractivity contribution >= 4 is 0 Å². The summed E-state index contributed by atoms with van der Waals surface area (Å²) in [4.78, 5) is 4.56. The average molecular weight is 222 g/mol. The number of hydrogen-bond donors (Lipinski definition) is 1. The zero-order valence-corrected chi connectivity index (χ0v) is 10.3. The van der Waals surface area contributed by atoms with E-state index in [1.807, 2.05) is 6.26 Å². The summed E-state index contributed by atoms with van der Waals surface area (Å²) in [7, 11) is 0. The van der Waals surface area contributed by atoms with Crippen molar-refractivity contribution in [2.45, 2.75) is 39.5 Å². The smallest absolute Gasteiger partial charge is 0.194 e. The molecule has 0 aliphatic carbocycles. The summed E-state index contributed by atoms with van der Waals surface area (Å²) in [6, 6.07) is 0. The topological polar surface area (TPSA) is 38.1 Å². The molecular formula is C13H22N2O. The lowest BCUT2D eigenvalue weighted by Gasteiger charge is -2.20. The molecule has 0 spiro atoms. The lowest BCUT2D eigenvalue weighted by atomic mass is 9.95. The van der Waals surface area contributed by atoms with E-state index in [4.69, 9.17) is 4.42 Å². The molecule has 1 aliphatic heterocycles. The first-order valence-electron chi connectivity index (χ1n) is 6.38. The first-order chi connectivity index (χ1) is 7.74. The van der Waals surface area contributed by atoms with Crippen molar-refractivity contribution in [2.24, 2.45) is 11.8 Å². The summed E-state index contributed by atoms with van der Waals surface area (Å²) in [6.07, 6.45) is 6.37. The van der Waals surface area contributed by atoms with Gasteiger partial charge in [-0.15, -0.1) is 0 Å². The number of piperidine rings is 1. The molecule has 90 valence electrons. The van der Waals surface area contributed by atoms with Gasteiger partial charge in [0.05, 0.1) is 5.69 Å². The number of hydrogen-bond acceptors (Lipinski definition) is 3. The van der Waals surface area contributed by atoms with E-state index in [1.54, 1.807) is 0 Å². The molecule has 0 atom stereocenters. The molecule has 16 heavy (non-hydrogen) atoms. The zero-order chi connectivity index (χ0) is 11.4. The molecule has 3 nitrogen and oxygen atoms in total. The Morgan fingerprint density at radius 3 is 2.88 bits per heavy atom. The van der Waals surface area contributed by atoms with Gasteiger partial charge in [-0.3, -0.25) is 0 Å². The normalized spacial score (nSPS) is 18.2. The molecule has 0 aromatic carbocycles.